The van der Waals surface area contributed by atoms with Crippen molar-refractivity contribution in [2.45, 2.75) is 11.8 Å². The standard InChI is InChI=1S/C20H22N2O8S/c1-15-14-16(2-7-19(15)22(24)25)20(23)30-13-12-29-17-3-5-18(6-4-17)31(26,27)21-8-10-28-11-9-21/h2-7,14H,8-13H2,1H3. The van der Waals surface area contributed by atoms with Crippen LogP contribution < -0.4 is 4.74 Å². The van der Waals surface area contributed by atoms with Crippen LogP contribution in [0.25, 0.3) is 0 Å². The van der Waals surface area contributed by atoms with Crippen LogP contribution in [-0.2, 0) is 19.5 Å². The Morgan fingerprint density at radius 3 is 2.42 bits per heavy atom. The van der Waals surface area contributed by atoms with Gasteiger partial charge in [0.25, 0.3) is 5.69 Å². The van der Waals surface area contributed by atoms with Crippen LogP contribution in [-0.4, -0.2) is 63.1 Å². The summed E-state index contributed by atoms with van der Waals surface area (Å²) in [5, 5.41) is 10.8. The molecular formula is C20H22N2O8S. The van der Waals surface area contributed by atoms with Crippen LogP contribution in [0.3, 0.4) is 0 Å². The molecule has 1 fully saturated rings. The fourth-order valence-electron chi connectivity index (χ4n) is 3.01. The van der Waals surface area contributed by atoms with Gasteiger partial charge in [-0.25, -0.2) is 13.2 Å². The van der Waals surface area contributed by atoms with E-state index in [2.05, 4.69) is 0 Å². The van der Waals surface area contributed by atoms with Crippen LogP contribution in [0.5, 0.6) is 5.75 Å². The molecule has 0 bridgehead atoms. The minimum absolute atomic E-state index is 0.0390. The summed E-state index contributed by atoms with van der Waals surface area (Å²) in [7, 11) is -3.57. The molecule has 0 atom stereocenters. The molecule has 0 aromatic heterocycles. The van der Waals surface area contributed by atoms with E-state index in [1.165, 1.54) is 46.8 Å². The molecule has 0 aliphatic carbocycles. The normalized spacial score (nSPS) is 14.7. The molecule has 2 aromatic carbocycles. The van der Waals surface area contributed by atoms with Gasteiger partial charge in [0.15, 0.2) is 0 Å². The molecule has 0 saturated carbocycles. The average Bonchev–Trinajstić information content (AvgIpc) is 2.77. The Morgan fingerprint density at radius 2 is 1.81 bits per heavy atom. The lowest BCUT2D eigenvalue weighted by molar-refractivity contribution is -0.385. The van der Waals surface area contributed by atoms with Gasteiger partial charge in [-0.15, -0.1) is 0 Å². The Kier molecular flexibility index (Phi) is 7.21. The Bertz CT molecular complexity index is 1050. The topological polar surface area (TPSA) is 125 Å². The van der Waals surface area contributed by atoms with E-state index >= 15 is 0 Å². The first kappa shape index (κ1) is 22.7. The fourth-order valence-corrected chi connectivity index (χ4v) is 4.42. The van der Waals surface area contributed by atoms with Crippen molar-refractivity contribution in [2.75, 3.05) is 39.5 Å². The minimum atomic E-state index is -3.57. The third-order valence-electron chi connectivity index (χ3n) is 4.65. The van der Waals surface area contributed by atoms with Gasteiger partial charge in [0.1, 0.15) is 19.0 Å². The number of benzene rings is 2. The molecule has 1 saturated heterocycles. The summed E-state index contributed by atoms with van der Waals surface area (Å²) in [6.07, 6.45) is 0. The number of carbonyl (C=O) groups excluding carboxylic acids is 1. The van der Waals surface area contributed by atoms with Gasteiger partial charge in [0.2, 0.25) is 10.0 Å². The summed E-state index contributed by atoms with van der Waals surface area (Å²) in [6, 6.07) is 9.99. The summed E-state index contributed by atoms with van der Waals surface area (Å²) in [5.41, 5.74) is 0.502. The van der Waals surface area contributed by atoms with E-state index in [1.807, 2.05) is 0 Å². The summed E-state index contributed by atoms with van der Waals surface area (Å²) < 4.78 is 42.3. The zero-order valence-electron chi connectivity index (χ0n) is 16.9. The van der Waals surface area contributed by atoms with Gasteiger partial charge in [0.05, 0.1) is 28.6 Å². The quantitative estimate of drug-likeness (QED) is 0.259. The smallest absolute Gasteiger partial charge is 0.338 e. The van der Waals surface area contributed by atoms with Crippen LogP contribution >= 0.6 is 0 Å². The molecule has 166 valence electrons. The summed E-state index contributed by atoms with van der Waals surface area (Å²) >= 11 is 0. The van der Waals surface area contributed by atoms with Crippen LogP contribution in [0, 0.1) is 17.0 Å². The van der Waals surface area contributed by atoms with Crippen molar-refractivity contribution in [3.8, 4) is 5.75 Å². The van der Waals surface area contributed by atoms with Crippen LogP contribution in [0.1, 0.15) is 15.9 Å². The van der Waals surface area contributed by atoms with E-state index in [0.29, 0.717) is 37.6 Å². The highest BCUT2D eigenvalue weighted by Gasteiger charge is 2.26. The molecule has 0 amide bonds. The Morgan fingerprint density at radius 1 is 1.13 bits per heavy atom. The maximum atomic E-state index is 12.6. The maximum Gasteiger partial charge on any atom is 0.338 e. The number of esters is 1. The van der Waals surface area contributed by atoms with E-state index in [4.69, 9.17) is 14.2 Å². The first-order chi connectivity index (χ1) is 14.8. The third kappa shape index (κ3) is 5.57. The van der Waals surface area contributed by atoms with Gasteiger partial charge >= 0.3 is 5.97 Å². The van der Waals surface area contributed by atoms with Gasteiger partial charge < -0.3 is 14.2 Å². The van der Waals surface area contributed by atoms with Gasteiger partial charge in [0, 0.05) is 24.7 Å². The highest BCUT2D eigenvalue weighted by molar-refractivity contribution is 7.89. The van der Waals surface area contributed by atoms with Crippen molar-refractivity contribution in [1.29, 1.82) is 0 Å². The Balaban J connectivity index is 1.49. The highest BCUT2D eigenvalue weighted by Crippen LogP contribution is 2.21. The number of nitro benzene ring substituents is 1. The van der Waals surface area contributed by atoms with Gasteiger partial charge in [-0.3, -0.25) is 10.1 Å². The van der Waals surface area contributed by atoms with Crippen molar-refractivity contribution in [1.82, 2.24) is 4.31 Å². The lowest BCUT2D eigenvalue weighted by Crippen LogP contribution is -2.40. The molecule has 2 aromatic rings. The molecule has 0 spiro atoms. The predicted octanol–water partition coefficient (Wildman–Crippen LogP) is 2.16. The number of hydrogen-bond acceptors (Lipinski definition) is 8. The molecule has 10 nitrogen and oxygen atoms in total. The molecule has 0 radical (unpaired) electrons. The van der Waals surface area contributed by atoms with E-state index in [9.17, 15) is 23.3 Å². The largest absolute Gasteiger partial charge is 0.490 e. The number of ether oxygens (including phenoxy) is 3. The van der Waals surface area contributed by atoms with E-state index < -0.39 is 20.9 Å². The third-order valence-corrected chi connectivity index (χ3v) is 6.56. The minimum Gasteiger partial charge on any atom is -0.490 e. The second-order valence-corrected chi connectivity index (χ2v) is 8.67. The molecule has 0 N–H and O–H groups in total. The molecule has 31 heavy (non-hydrogen) atoms. The zero-order chi connectivity index (χ0) is 22.4. The Labute approximate surface area is 179 Å². The first-order valence-electron chi connectivity index (χ1n) is 9.52. The second kappa shape index (κ2) is 9.86. The molecule has 1 heterocycles. The fraction of sp³-hybridized carbons (Fsp3) is 0.350. The van der Waals surface area contributed by atoms with Crippen LogP contribution in [0.2, 0.25) is 0 Å². The molecule has 1 aliphatic heterocycles. The van der Waals surface area contributed by atoms with E-state index in [1.54, 1.807) is 6.92 Å². The first-order valence-corrected chi connectivity index (χ1v) is 11.0. The van der Waals surface area contributed by atoms with Crippen LogP contribution in [0.4, 0.5) is 5.69 Å². The number of aryl methyl sites for hydroxylation is 1. The lowest BCUT2D eigenvalue weighted by atomic mass is 10.1. The lowest BCUT2D eigenvalue weighted by Gasteiger charge is -2.26. The Hall–Kier alpha value is -3.02. The van der Waals surface area contributed by atoms with Crippen molar-refractivity contribution in [2.24, 2.45) is 0 Å². The molecule has 11 heteroatoms. The highest BCUT2D eigenvalue weighted by atomic mass is 32.2. The number of nitrogens with zero attached hydrogens (tertiary/aromatic N) is 2. The number of sulfonamides is 1. The predicted molar refractivity (Wildman–Crippen MR) is 110 cm³/mol. The number of rotatable bonds is 8. The van der Waals surface area contributed by atoms with Crippen molar-refractivity contribution in [3.05, 3.63) is 63.7 Å². The van der Waals surface area contributed by atoms with Crippen molar-refractivity contribution >= 4 is 21.7 Å². The van der Waals surface area contributed by atoms with Gasteiger partial charge in [-0.05, 0) is 43.3 Å². The average molecular weight is 450 g/mol. The summed E-state index contributed by atoms with van der Waals surface area (Å²) in [5.74, 6) is -0.184. The van der Waals surface area contributed by atoms with Crippen LogP contribution in [0.15, 0.2) is 47.4 Å². The monoisotopic (exact) mass is 450 g/mol. The molecule has 0 unspecified atom stereocenters. The second-order valence-electron chi connectivity index (χ2n) is 6.73. The number of nitro groups is 1. The summed E-state index contributed by atoms with van der Waals surface area (Å²) in [4.78, 5) is 22.6. The zero-order valence-corrected chi connectivity index (χ0v) is 17.7. The number of hydrogen-bond donors (Lipinski definition) is 0. The van der Waals surface area contributed by atoms with Crippen molar-refractivity contribution in [3.63, 3.8) is 0 Å². The number of morpholine rings is 1. The number of carbonyl (C=O) groups is 1. The van der Waals surface area contributed by atoms with Gasteiger partial charge in [-0.2, -0.15) is 4.31 Å². The maximum absolute atomic E-state index is 12.6. The van der Waals surface area contributed by atoms with E-state index in [0.717, 1.165) is 0 Å². The summed E-state index contributed by atoms with van der Waals surface area (Å²) in [6.45, 7) is 2.95. The molecule has 3 rings (SSSR count). The molecule has 1 aliphatic rings. The SMILES string of the molecule is Cc1cc(C(=O)OCCOc2ccc(S(=O)(=O)N3CCOCC3)cc2)ccc1[N+](=O)[O-]. The van der Waals surface area contributed by atoms with Gasteiger partial charge in [-0.1, -0.05) is 0 Å². The molecular weight excluding hydrogens is 428 g/mol. The van der Waals surface area contributed by atoms with Crippen molar-refractivity contribution < 1.29 is 32.3 Å². The van der Waals surface area contributed by atoms with E-state index in [-0.39, 0.29) is 29.4 Å².